The Labute approximate surface area is 118 Å². The molecule has 19 heavy (non-hydrogen) atoms. The maximum absolute atomic E-state index is 10.00. The number of hydrogen-bond donors (Lipinski definition) is 1. The van der Waals surface area contributed by atoms with Crippen LogP contribution in [-0.2, 0) is 16.1 Å². The Hall–Kier alpha value is -0.460. The molecule has 108 valence electrons. The molecule has 0 amide bonds. The molecule has 1 aromatic heterocycles. The second-order valence-corrected chi connectivity index (χ2v) is 6.26. The molecule has 1 fully saturated rings. The van der Waals surface area contributed by atoms with Gasteiger partial charge in [-0.15, -0.1) is 11.3 Å². The summed E-state index contributed by atoms with van der Waals surface area (Å²) in [4.78, 5) is 3.44. The van der Waals surface area contributed by atoms with E-state index < -0.39 is 6.10 Å². The Balaban J connectivity index is 1.64. The Morgan fingerprint density at radius 1 is 1.47 bits per heavy atom. The van der Waals surface area contributed by atoms with Gasteiger partial charge in [0.25, 0.3) is 0 Å². The van der Waals surface area contributed by atoms with E-state index in [1.807, 2.05) is 17.5 Å². The molecule has 0 saturated carbocycles. The first kappa shape index (κ1) is 14.9. The van der Waals surface area contributed by atoms with Crippen molar-refractivity contribution in [2.45, 2.75) is 38.8 Å². The van der Waals surface area contributed by atoms with Crippen LogP contribution in [0.15, 0.2) is 17.5 Å². The van der Waals surface area contributed by atoms with E-state index in [9.17, 15) is 5.11 Å². The summed E-state index contributed by atoms with van der Waals surface area (Å²) < 4.78 is 11.2. The Morgan fingerprint density at radius 3 is 2.84 bits per heavy atom. The SMILES string of the molecule is CC1CN(CC(O)COCc2cccs2)CC(C)O1. The third kappa shape index (κ3) is 5.20. The van der Waals surface area contributed by atoms with Crippen LogP contribution in [0.3, 0.4) is 0 Å². The van der Waals surface area contributed by atoms with Crippen LogP contribution in [0.1, 0.15) is 18.7 Å². The normalized spacial score (nSPS) is 26.5. The van der Waals surface area contributed by atoms with Gasteiger partial charge in [-0.25, -0.2) is 0 Å². The monoisotopic (exact) mass is 285 g/mol. The van der Waals surface area contributed by atoms with E-state index in [1.165, 1.54) is 4.88 Å². The topological polar surface area (TPSA) is 41.9 Å². The van der Waals surface area contributed by atoms with Crippen LogP contribution in [0, 0.1) is 0 Å². The van der Waals surface area contributed by atoms with Crippen molar-refractivity contribution in [1.82, 2.24) is 4.90 Å². The first-order chi connectivity index (χ1) is 9.13. The van der Waals surface area contributed by atoms with Gasteiger partial charge >= 0.3 is 0 Å². The average Bonchev–Trinajstić information content (AvgIpc) is 2.80. The highest BCUT2D eigenvalue weighted by Crippen LogP contribution is 2.12. The highest BCUT2D eigenvalue weighted by molar-refractivity contribution is 7.09. The van der Waals surface area contributed by atoms with Gasteiger partial charge in [-0.1, -0.05) is 6.07 Å². The van der Waals surface area contributed by atoms with Gasteiger partial charge < -0.3 is 14.6 Å². The fraction of sp³-hybridized carbons (Fsp3) is 0.714. The van der Waals surface area contributed by atoms with Crippen molar-refractivity contribution in [3.8, 4) is 0 Å². The number of aliphatic hydroxyl groups is 1. The van der Waals surface area contributed by atoms with Crippen LogP contribution in [0.2, 0.25) is 0 Å². The molecule has 0 aromatic carbocycles. The van der Waals surface area contributed by atoms with Gasteiger partial charge in [-0.05, 0) is 25.3 Å². The molecule has 0 aliphatic carbocycles. The zero-order valence-electron chi connectivity index (χ0n) is 11.6. The predicted octanol–water partition coefficient (Wildman–Crippen LogP) is 1.73. The van der Waals surface area contributed by atoms with Gasteiger partial charge in [0.15, 0.2) is 0 Å². The van der Waals surface area contributed by atoms with Crippen molar-refractivity contribution in [3.05, 3.63) is 22.4 Å². The van der Waals surface area contributed by atoms with Gasteiger partial charge in [-0.3, -0.25) is 4.90 Å². The lowest BCUT2D eigenvalue weighted by molar-refractivity contribution is -0.0825. The minimum Gasteiger partial charge on any atom is -0.389 e. The highest BCUT2D eigenvalue weighted by Gasteiger charge is 2.23. The molecule has 1 N–H and O–H groups in total. The van der Waals surface area contributed by atoms with Gasteiger partial charge in [0.2, 0.25) is 0 Å². The maximum atomic E-state index is 10.00. The second kappa shape index (κ2) is 7.36. The van der Waals surface area contributed by atoms with Crippen molar-refractivity contribution in [2.24, 2.45) is 0 Å². The largest absolute Gasteiger partial charge is 0.389 e. The molecule has 2 rings (SSSR count). The van der Waals surface area contributed by atoms with E-state index in [0.29, 0.717) is 19.8 Å². The Morgan fingerprint density at radius 2 is 2.21 bits per heavy atom. The van der Waals surface area contributed by atoms with Crippen LogP contribution in [0.5, 0.6) is 0 Å². The quantitative estimate of drug-likeness (QED) is 0.864. The van der Waals surface area contributed by atoms with E-state index in [2.05, 4.69) is 18.7 Å². The van der Waals surface area contributed by atoms with Gasteiger partial charge in [-0.2, -0.15) is 0 Å². The van der Waals surface area contributed by atoms with Crippen LogP contribution >= 0.6 is 11.3 Å². The summed E-state index contributed by atoms with van der Waals surface area (Å²) in [7, 11) is 0. The number of ether oxygens (including phenoxy) is 2. The minimum atomic E-state index is -0.433. The van der Waals surface area contributed by atoms with Crippen molar-refractivity contribution >= 4 is 11.3 Å². The molecule has 1 aliphatic rings. The summed E-state index contributed by atoms with van der Waals surface area (Å²) in [5, 5.41) is 12.0. The van der Waals surface area contributed by atoms with E-state index in [1.54, 1.807) is 11.3 Å². The Bertz CT molecular complexity index is 348. The summed E-state index contributed by atoms with van der Waals surface area (Å²) >= 11 is 1.68. The summed E-state index contributed by atoms with van der Waals surface area (Å²) in [5.41, 5.74) is 0. The minimum absolute atomic E-state index is 0.239. The number of thiophene rings is 1. The molecule has 3 unspecified atom stereocenters. The molecule has 1 aromatic rings. The standard InChI is InChI=1S/C14H23NO3S/c1-11-6-15(7-12(2)18-11)8-13(16)9-17-10-14-4-3-5-19-14/h3-5,11-13,16H,6-10H2,1-2H3. The number of hydrogen-bond acceptors (Lipinski definition) is 5. The van der Waals surface area contributed by atoms with Crippen LogP contribution in [-0.4, -0.2) is 54.6 Å². The molecule has 2 heterocycles. The van der Waals surface area contributed by atoms with Gasteiger partial charge in [0.1, 0.15) is 0 Å². The molecule has 5 heteroatoms. The number of β-amino-alcohol motifs (C(OH)–C–C–N with tert-alkyl or cyclic N) is 1. The first-order valence-electron chi connectivity index (χ1n) is 6.79. The fourth-order valence-corrected chi connectivity index (χ4v) is 3.11. The lowest BCUT2D eigenvalue weighted by Crippen LogP contribution is -2.48. The number of aliphatic hydroxyl groups excluding tert-OH is 1. The van der Waals surface area contributed by atoms with Crippen molar-refractivity contribution < 1.29 is 14.6 Å². The van der Waals surface area contributed by atoms with E-state index >= 15 is 0 Å². The van der Waals surface area contributed by atoms with Crippen LogP contribution in [0.4, 0.5) is 0 Å². The lowest BCUT2D eigenvalue weighted by atomic mass is 10.2. The van der Waals surface area contributed by atoms with Crippen LogP contribution < -0.4 is 0 Å². The third-order valence-electron chi connectivity index (χ3n) is 3.10. The molecular formula is C14H23NO3S. The average molecular weight is 285 g/mol. The molecule has 4 nitrogen and oxygen atoms in total. The summed E-state index contributed by atoms with van der Waals surface area (Å²) in [5.74, 6) is 0. The smallest absolute Gasteiger partial charge is 0.0900 e. The molecule has 0 spiro atoms. The van der Waals surface area contributed by atoms with Gasteiger partial charge in [0.05, 0.1) is 31.5 Å². The van der Waals surface area contributed by atoms with Crippen molar-refractivity contribution in [1.29, 1.82) is 0 Å². The summed E-state index contributed by atoms with van der Waals surface area (Å²) in [6.45, 7) is 7.54. The second-order valence-electron chi connectivity index (χ2n) is 5.22. The number of rotatable bonds is 6. The predicted molar refractivity (Wildman–Crippen MR) is 76.4 cm³/mol. The van der Waals surface area contributed by atoms with E-state index in [-0.39, 0.29) is 12.2 Å². The number of morpholine rings is 1. The molecule has 1 saturated heterocycles. The molecule has 1 aliphatic heterocycles. The maximum Gasteiger partial charge on any atom is 0.0900 e. The van der Waals surface area contributed by atoms with Crippen molar-refractivity contribution in [3.63, 3.8) is 0 Å². The molecular weight excluding hydrogens is 262 g/mol. The van der Waals surface area contributed by atoms with Crippen molar-refractivity contribution in [2.75, 3.05) is 26.2 Å². The number of nitrogens with zero attached hydrogens (tertiary/aromatic N) is 1. The highest BCUT2D eigenvalue weighted by atomic mass is 32.1. The first-order valence-corrected chi connectivity index (χ1v) is 7.67. The zero-order valence-corrected chi connectivity index (χ0v) is 12.4. The summed E-state index contributed by atoms with van der Waals surface area (Å²) in [6, 6.07) is 4.05. The molecule has 0 bridgehead atoms. The van der Waals surface area contributed by atoms with E-state index in [4.69, 9.17) is 9.47 Å². The fourth-order valence-electron chi connectivity index (χ4n) is 2.47. The summed E-state index contributed by atoms with van der Waals surface area (Å²) in [6.07, 6.45) is 0.0448. The van der Waals surface area contributed by atoms with Gasteiger partial charge in [0, 0.05) is 24.5 Å². The third-order valence-corrected chi connectivity index (χ3v) is 3.95. The zero-order chi connectivity index (χ0) is 13.7. The van der Waals surface area contributed by atoms with E-state index in [0.717, 1.165) is 13.1 Å². The molecule has 0 radical (unpaired) electrons. The molecule has 3 atom stereocenters. The van der Waals surface area contributed by atoms with Crippen LogP contribution in [0.25, 0.3) is 0 Å². The Kier molecular flexibility index (Phi) is 5.78. The lowest BCUT2D eigenvalue weighted by Gasteiger charge is -2.36.